The smallest absolute Gasteiger partial charge is 0.251 e. The zero-order valence-electron chi connectivity index (χ0n) is 15.5. The third-order valence-corrected chi connectivity index (χ3v) is 4.99. The van der Waals surface area contributed by atoms with E-state index in [1.807, 2.05) is 33.0 Å². The molecule has 6 heteroatoms. The molecule has 1 aromatic heterocycles. The molecule has 3 rings (SSSR count). The minimum atomic E-state index is -0.133. The van der Waals surface area contributed by atoms with Crippen LogP contribution in [0.15, 0.2) is 37.1 Å². The number of hydrogen-bond donors (Lipinski definition) is 1. The first-order chi connectivity index (χ1) is 12.4. The SMILES string of the molecule is C=CC(=O)N1CCCc2cc(C(=O)NC(C)c3cnn(C)c3C)ccc21. The lowest BCUT2D eigenvalue weighted by atomic mass is 9.98. The predicted octanol–water partition coefficient (Wildman–Crippen LogP) is 2.68. The maximum absolute atomic E-state index is 12.7. The highest BCUT2D eigenvalue weighted by atomic mass is 16.2. The number of nitrogens with zero attached hydrogens (tertiary/aromatic N) is 3. The van der Waals surface area contributed by atoms with E-state index in [9.17, 15) is 9.59 Å². The molecule has 2 aromatic rings. The van der Waals surface area contributed by atoms with Crippen molar-refractivity contribution < 1.29 is 9.59 Å². The maximum Gasteiger partial charge on any atom is 0.251 e. The zero-order chi connectivity index (χ0) is 18.8. The largest absolute Gasteiger partial charge is 0.345 e. The molecule has 0 saturated carbocycles. The normalized spacial score (nSPS) is 14.5. The molecule has 0 spiro atoms. The number of nitrogens with one attached hydrogen (secondary N) is 1. The second kappa shape index (κ2) is 7.15. The highest BCUT2D eigenvalue weighted by Gasteiger charge is 2.22. The molecule has 26 heavy (non-hydrogen) atoms. The first-order valence-corrected chi connectivity index (χ1v) is 8.78. The second-order valence-electron chi connectivity index (χ2n) is 6.65. The van der Waals surface area contributed by atoms with Crippen LogP contribution in [0.3, 0.4) is 0 Å². The summed E-state index contributed by atoms with van der Waals surface area (Å²) in [5, 5.41) is 7.26. The summed E-state index contributed by atoms with van der Waals surface area (Å²) in [6.07, 6.45) is 4.84. The Morgan fingerprint density at radius 1 is 1.38 bits per heavy atom. The molecule has 1 N–H and O–H groups in total. The minimum Gasteiger partial charge on any atom is -0.345 e. The fraction of sp³-hybridized carbons (Fsp3) is 0.350. The third-order valence-electron chi connectivity index (χ3n) is 4.99. The number of benzene rings is 1. The Morgan fingerprint density at radius 2 is 2.15 bits per heavy atom. The van der Waals surface area contributed by atoms with E-state index in [0.717, 1.165) is 35.3 Å². The van der Waals surface area contributed by atoms with Gasteiger partial charge >= 0.3 is 0 Å². The Hall–Kier alpha value is -2.89. The summed E-state index contributed by atoms with van der Waals surface area (Å²) in [5.41, 5.74) is 4.52. The van der Waals surface area contributed by atoms with Crippen molar-refractivity contribution in [2.45, 2.75) is 32.7 Å². The van der Waals surface area contributed by atoms with Crippen LogP contribution in [0.25, 0.3) is 0 Å². The molecule has 1 aliphatic rings. The van der Waals surface area contributed by atoms with Crippen molar-refractivity contribution in [2.75, 3.05) is 11.4 Å². The number of carbonyl (C=O) groups excluding carboxylic acids is 2. The van der Waals surface area contributed by atoms with Gasteiger partial charge in [0.15, 0.2) is 0 Å². The van der Waals surface area contributed by atoms with Crippen LogP contribution >= 0.6 is 0 Å². The van der Waals surface area contributed by atoms with Gasteiger partial charge in [0.25, 0.3) is 5.91 Å². The summed E-state index contributed by atoms with van der Waals surface area (Å²) >= 11 is 0. The molecule has 1 aromatic carbocycles. The van der Waals surface area contributed by atoms with E-state index in [0.29, 0.717) is 12.1 Å². The number of carbonyl (C=O) groups is 2. The second-order valence-corrected chi connectivity index (χ2v) is 6.65. The predicted molar refractivity (Wildman–Crippen MR) is 101 cm³/mol. The minimum absolute atomic E-state index is 0.108. The van der Waals surface area contributed by atoms with E-state index in [4.69, 9.17) is 0 Å². The number of aromatic nitrogens is 2. The van der Waals surface area contributed by atoms with Crippen LogP contribution in [0.1, 0.15) is 46.6 Å². The van der Waals surface area contributed by atoms with Crippen molar-refractivity contribution in [1.29, 1.82) is 0 Å². The van der Waals surface area contributed by atoms with Gasteiger partial charge in [-0.15, -0.1) is 0 Å². The maximum atomic E-state index is 12.7. The molecule has 2 heterocycles. The number of hydrogen-bond acceptors (Lipinski definition) is 3. The van der Waals surface area contributed by atoms with Crippen LogP contribution in [0.4, 0.5) is 5.69 Å². The molecule has 0 saturated heterocycles. The summed E-state index contributed by atoms with van der Waals surface area (Å²) in [6.45, 7) is 8.17. The van der Waals surface area contributed by atoms with E-state index in [1.54, 1.807) is 21.8 Å². The topological polar surface area (TPSA) is 67.2 Å². The van der Waals surface area contributed by atoms with Gasteiger partial charge in [-0.25, -0.2) is 0 Å². The van der Waals surface area contributed by atoms with Crippen molar-refractivity contribution >= 4 is 17.5 Å². The average Bonchev–Trinajstić information content (AvgIpc) is 2.99. The standard InChI is InChI=1S/C20H24N4O2/c1-5-19(25)24-10-6-7-15-11-16(8-9-18(15)24)20(26)22-13(2)17-12-21-23(4)14(17)3/h5,8-9,11-13H,1,6-7,10H2,2-4H3,(H,22,26). The van der Waals surface area contributed by atoms with Gasteiger partial charge in [0.05, 0.1) is 12.2 Å². The molecular formula is C20H24N4O2. The van der Waals surface area contributed by atoms with Gasteiger partial charge in [-0.05, 0) is 56.5 Å². The molecule has 1 atom stereocenters. The first-order valence-electron chi connectivity index (χ1n) is 8.78. The molecule has 0 aliphatic carbocycles. The molecule has 6 nitrogen and oxygen atoms in total. The Labute approximate surface area is 153 Å². The van der Waals surface area contributed by atoms with Gasteiger partial charge in [0.1, 0.15) is 0 Å². The summed E-state index contributed by atoms with van der Waals surface area (Å²) in [4.78, 5) is 26.4. The molecule has 0 bridgehead atoms. The Bertz CT molecular complexity index is 869. The van der Waals surface area contributed by atoms with E-state index < -0.39 is 0 Å². The van der Waals surface area contributed by atoms with Gasteiger partial charge in [-0.1, -0.05) is 6.58 Å². The van der Waals surface area contributed by atoms with Crippen LogP contribution < -0.4 is 10.2 Å². The fourth-order valence-electron chi connectivity index (χ4n) is 3.38. The molecule has 136 valence electrons. The van der Waals surface area contributed by atoms with Crippen molar-refractivity contribution in [2.24, 2.45) is 7.05 Å². The summed E-state index contributed by atoms with van der Waals surface area (Å²) in [6, 6.07) is 5.37. The molecular weight excluding hydrogens is 328 g/mol. The average molecular weight is 352 g/mol. The molecule has 0 radical (unpaired) electrons. The van der Waals surface area contributed by atoms with Crippen molar-refractivity contribution in [3.63, 3.8) is 0 Å². The van der Waals surface area contributed by atoms with E-state index in [2.05, 4.69) is 17.0 Å². The Morgan fingerprint density at radius 3 is 2.81 bits per heavy atom. The lowest BCUT2D eigenvalue weighted by Gasteiger charge is -2.29. The van der Waals surface area contributed by atoms with E-state index in [-0.39, 0.29) is 17.9 Å². The van der Waals surface area contributed by atoms with Crippen LogP contribution in [0.2, 0.25) is 0 Å². The lowest BCUT2D eigenvalue weighted by molar-refractivity contribution is -0.114. The van der Waals surface area contributed by atoms with Gasteiger partial charge in [0.2, 0.25) is 5.91 Å². The van der Waals surface area contributed by atoms with Gasteiger partial charge < -0.3 is 10.2 Å². The molecule has 0 fully saturated rings. The van der Waals surface area contributed by atoms with E-state index >= 15 is 0 Å². The van der Waals surface area contributed by atoms with Crippen molar-refractivity contribution in [1.82, 2.24) is 15.1 Å². The van der Waals surface area contributed by atoms with Crippen LogP contribution in [-0.2, 0) is 18.3 Å². The van der Waals surface area contributed by atoms with Crippen molar-refractivity contribution in [3.05, 3.63) is 59.4 Å². The third kappa shape index (κ3) is 3.27. The fourth-order valence-corrected chi connectivity index (χ4v) is 3.38. The van der Waals surface area contributed by atoms with Crippen LogP contribution in [0, 0.1) is 6.92 Å². The highest BCUT2D eigenvalue weighted by Crippen LogP contribution is 2.28. The van der Waals surface area contributed by atoms with Crippen LogP contribution in [0.5, 0.6) is 0 Å². The van der Waals surface area contributed by atoms with Crippen molar-refractivity contribution in [3.8, 4) is 0 Å². The number of rotatable bonds is 4. The van der Waals surface area contributed by atoms with Gasteiger partial charge in [-0.2, -0.15) is 5.10 Å². The zero-order valence-corrected chi connectivity index (χ0v) is 15.5. The summed E-state index contributed by atoms with van der Waals surface area (Å²) < 4.78 is 1.79. The Balaban J connectivity index is 1.79. The molecule has 1 aliphatic heterocycles. The number of amides is 2. The number of aryl methyl sites for hydroxylation is 2. The highest BCUT2D eigenvalue weighted by molar-refractivity contribution is 6.02. The van der Waals surface area contributed by atoms with E-state index in [1.165, 1.54) is 6.08 Å². The summed E-state index contributed by atoms with van der Waals surface area (Å²) in [5.74, 6) is -0.237. The van der Waals surface area contributed by atoms with Gasteiger partial charge in [-0.3, -0.25) is 14.3 Å². The quantitative estimate of drug-likeness (QED) is 0.860. The molecule has 2 amide bonds. The number of fused-ring (bicyclic) bond motifs is 1. The molecule has 1 unspecified atom stereocenters. The first kappa shape index (κ1) is 17.9. The van der Waals surface area contributed by atoms with Gasteiger partial charge in [0, 0.05) is 36.1 Å². The van der Waals surface area contributed by atoms with Crippen LogP contribution in [-0.4, -0.2) is 28.1 Å². The monoisotopic (exact) mass is 352 g/mol. The Kier molecular flexibility index (Phi) is 4.93. The lowest BCUT2D eigenvalue weighted by Crippen LogP contribution is -2.34. The number of anilines is 1. The summed E-state index contributed by atoms with van der Waals surface area (Å²) in [7, 11) is 1.88.